The second-order valence-corrected chi connectivity index (χ2v) is 12.1. The molecule has 4 aromatic rings. The van der Waals surface area contributed by atoms with Crippen LogP contribution in [-0.4, -0.2) is 73.1 Å². The van der Waals surface area contributed by atoms with Crippen molar-refractivity contribution in [3.05, 3.63) is 72.3 Å². The second kappa shape index (κ2) is 13.9. The fourth-order valence-corrected chi connectivity index (χ4v) is 5.85. The fourth-order valence-electron chi connectivity index (χ4n) is 5.85. The molecule has 1 saturated heterocycles. The molecule has 2 fully saturated rings. The highest BCUT2D eigenvalue weighted by Gasteiger charge is 2.63. The third-order valence-electron chi connectivity index (χ3n) is 8.80. The zero-order valence-corrected chi connectivity index (χ0v) is 26.8. The van der Waals surface area contributed by atoms with Crippen LogP contribution in [0.4, 0.5) is 15.8 Å². The Labute approximate surface area is 272 Å². The van der Waals surface area contributed by atoms with Gasteiger partial charge in [0.2, 0.25) is 17.7 Å². The van der Waals surface area contributed by atoms with Gasteiger partial charge in [-0.15, -0.1) is 0 Å². The van der Waals surface area contributed by atoms with Crippen LogP contribution in [0.15, 0.2) is 60.9 Å². The number of fused-ring (bicyclic) bond motifs is 1. The van der Waals surface area contributed by atoms with Crippen LogP contribution in [0.1, 0.15) is 25.3 Å². The second-order valence-electron chi connectivity index (χ2n) is 12.1. The monoisotopic (exact) mass is 642 g/mol. The smallest absolute Gasteiger partial charge is 0.240 e. The molecule has 1 aliphatic heterocycles. The van der Waals surface area contributed by atoms with E-state index in [0.717, 1.165) is 50.8 Å². The van der Waals surface area contributed by atoms with E-state index in [9.17, 15) is 9.59 Å². The molecule has 6 rings (SSSR count). The van der Waals surface area contributed by atoms with E-state index in [1.54, 1.807) is 31.4 Å². The lowest BCUT2D eigenvalue weighted by atomic mass is 10.0. The number of methoxy groups -OCH3 is 1. The minimum atomic E-state index is -1.23. The van der Waals surface area contributed by atoms with Gasteiger partial charge in [0.1, 0.15) is 11.7 Å². The van der Waals surface area contributed by atoms with E-state index in [2.05, 4.69) is 30.8 Å². The highest BCUT2D eigenvalue weighted by atomic mass is 19.1. The highest BCUT2D eigenvalue weighted by Crippen LogP contribution is 2.53. The average molecular weight is 643 g/mol. The van der Waals surface area contributed by atoms with Gasteiger partial charge in [-0.1, -0.05) is 24.6 Å². The molecule has 2 amide bonds. The Balaban J connectivity index is 1.11. The van der Waals surface area contributed by atoms with E-state index in [-0.39, 0.29) is 29.1 Å². The van der Waals surface area contributed by atoms with Gasteiger partial charge in [-0.05, 0) is 56.0 Å². The van der Waals surface area contributed by atoms with E-state index >= 15 is 4.39 Å². The number of anilines is 2. The first-order chi connectivity index (χ1) is 22.8. The number of carbonyl (C=O) groups excluding carboxylic acids is 2. The van der Waals surface area contributed by atoms with Crippen LogP contribution in [0.2, 0.25) is 0 Å². The summed E-state index contributed by atoms with van der Waals surface area (Å²) in [6.07, 6.45) is 2.60. The number of aromatic nitrogens is 2. The zero-order valence-electron chi connectivity index (χ0n) is 26.8. The molecule has 3 aromatic carbocycles. The van der Waals surface area contributed by atoms with Crippen molar-refractivity contribution in [1.29, 1.82) is 0 Å². The van der Waals surface area contributed by atoms with E-state index in [0.29, 0.717) is 41.1 Å². The molecule has 246 valence electrons. The van der Waals surface area contributed by atoms with Crippen LogP contribution in [0.25, 0.3) is 10.9 Å². The first-order valence-corrected chi connectivity index (χ1v) is 15.8. The van der Waals surface area contributed by atoms with Crippen molar-refractivity contribution in [3.8, 4) is 23.1 Å². The number of piperazine rings is 1. The first kappa shape index (κ1) is 32.1. The van der Waals surface area contributed by atoms with Crippen molar-refractivity contribution in [2.24, 2.45) is 11.3 Å². The normalized spacial score (nSPS) is 19.2. The van der Waals surface area contributed by atoms with Crippen molar-refractivity contribution in [3.63, 3.8) is 0 Å². The topological polar surface area (TPSA) is 127 Å². The number of aryl methyl sites for hydroxylation is 1. The largest absolute Gasteiger partial charge is 0.493 e. The quantitative estimate of drug-likeness (QED) is 0.142. The molecule has 2 heterocycles. The summed E-state index contributed by atoms with van der Waals surface area (Å²) in [5.74, 6) is -0.687. The standard InChI is InChI=1S/C35H39FN6O5/c1-22-5-7-24(8-6-22)40-33(43)35(20-23(35)2)34(44)41-25-9-10-29(27(36)17-25)47-32-26-18-30(45-3)31(19-28(26)38-21-39-32)46-16-4-13-42-14-11-37-12-15-42/h5-10,17-19,21,23,37H,4,11-16,20H2,1-3H3,(H,40,43)(H,41,44)/t23-,35-/m1/s1. The van der Waals surface area contributed by atoms with E-state index in [1.807, 2.05) is 26.0 Å². The molecule has 1 aromatic heterocycles. The van der Waals surface area contributed by atoms with Gasteiger partial charge in [0.05, 0.1) is 24.6 Å². The van der Waals surface area contributed by atoms with E-state index in [1.165, 1.54) is 18.5 Å². The molecule has 2 aliphatic rings. The summed E-state index contributed by atoms with van der Waals surface area (Å²) in [6, 6.07) is 14.9. The van der Waals surface area contributed by atoms with Crippen LogP contribution in [0.3, 0.4) is 0 Å². The number of benzene rings is 3. The molecule has 47 heavy (non-hydrogen) atoms. The molecule has 1 saturated carbocycles. The summed E-state index contributed by atoms with van der Waals surface area (Å²) in [6.45, 7) is 9.34. The first-order valence-electron chi connectivity index (χ1n) is 15.8. The molecule has 0 radical (unpaired) electrons. The molecular formula is C35H39FN6O5. The van der Waals surface area contributed by atoms with Crippen molar-refractivity contribution in [2.45, 2.75) is 26.7 Å². The lowest BCUT2D eigenvalue weighted by Crippen LogP contribution is -2.43. The summed E-state index contributed by atoms with van der Waals surface area (Å²) in [7, 11) is 1.55. The SMILES string of the molecule is COc1cc2c(Oc3ccc(NC(=O)[C@]4(C(=O)Nc5ccc(C)cc5)C[C@H]4C)cc3F)ncnc2cc1OCCCN1CCNCC1. The number of ether oxygens (including phenoxy) is 3. The minimum Gasteiger partial charge on any atom is -0.493 e. The third kappa shape index (κ3) is 7.13. The number of nitrogens with zero attached hydrogens (tertiary/aromatic N) is 3. The summed E-state index contributed by atoms with van der Waals surface area (Å²) in [5.41, 5.74) is 1.19. The Morgan fingerprint density at radius 2 is 1.68 bits per heavy atom. The molecule has 11 nitrogen and oxygen atoms in total. The van der Waals surface area contributed by atoms with Gasteiger partial charge in [0, 0.05) is 56.2 Å². The van der Waals surface area contributed by atoms with Crippen LogP contribution in [0.5, 0.6) is 23.1 Å². The van der Waals surface area contributed by atoms with Crippen molar-refractivity contribution in [2.75, 3.05) is 57.1 Å². The average Bonchev–Trinajstić information content (AvgIpc) is 3.77. The van der Waals surface area contributed by atoms with Gasteiger partial charge in [0.25, 0.3) is 0 Å². The fraction of sp³-hybridized carbons (Fsp3) is 0.371. The van der Waals surface area contributed by atoms with Gasteiger partial charge in [-0.2, -0.15) is 0 Å². The molecule has 1 aliphatic carbocycles. The number of hydrogen-bond donors (Lipinski definition) is 3. The molecule has 0 spiro atoms. The number of amides is 2. The van der Waals surface area contributed by atoms with Crippen LogP contribution in [0, 0.1) is 24.1 Å². The van der Waals surface area contributed by atoms with Gasteiger partial charge >= 0.3 is 0 Å². The molecule has 0 unspecified atom stereocenters. The van der Waals surface area contributed by atoms with Gasteiger partial charge < -0.3 is 35.1 Å². The maximum atomic E-state index is 15.3. The van der Waals surface area contributed by atoms with Crippen LogP contribution >= 0.6 is 0 Å². The summed E-state index contributed by atoms with van der Waals surface area (Å²) in [4.78, 5) is 37.4. The van der Waals surface area contributed by atoms with Crippen molar-refractivity contribution >= 4 is 34.1 Å². The van der Waals surface area contributed by atoms with Gasteiger partial charge in [-0.3, -0.25) is 9.59 Å². The number of hydrogen-bond acceptors (Lipinski definition) is 9. The van der Waals surface area contributed by atoms with E-state index in [4.69, 9.17) is 14.2 Å². The number of rotatable bonds is 12. The van der Waals surface area contributed by atoms with Crippen molar-refractivity contribution in [1.82, 2.24) is 20.2 Å². The Kier molecular flexibility index (Phi) is 9.50. The van der Waals surface area contributed by atoms with Gasteiger partial charge in [0.15, 0.2) is 23.1 Å². The molecule has 0 bridgehead atoms. The Hall–Kier alpha value is -4.81. The van der Waals surface area contributed by atoms with Crippen LogP contribution in [-0.2, 0) is 9.59 Å². The van der Waals surface area contributed by atoms with Crippen LogP contribution < -0.4 is 30.2 Å². The maximum Gasteiger partial charge on any atom is 0.240 e. The lowest BCUT2D eigenvalue weighted by molar-refractivity contribution is -0.131. The Bertz CT molecular complexity index is 1760. The summed E-state index contributed by atoms with van der Waals surface area (Å²) < 4.78 is 32.8. The van der Waals surface area contributed by atoms with Crippen molar-refractivity contribution < 1.29 is 28.2 Å². The zero-order chi connectivity index (χ0) is 33.0. The summed E-state index contributed by atoms with van der Waals surface area (Å²) >= 11 is 0. The molecule has 12 heteroatoms. The third-order valence-corrected chi connectivity index (χ3v) is 8.80. The lowest BCUT2D eigenvalue weighted by Gasteiger charge is -2.27. The minimum absolute atomic E-state index is 0.0955. The molecule has 3 N–H and O–H groups in total. The number of carbonyl (C=O) groups is 2. The summed E-state index contributed by atoms with van der Waals surface area (Å²) in [5, 5.41) is 9.42. The highest BCUT2D eigenvalue weighted by molar-refractivity contribution is 6.17. The predicted octanol–water partition coefficient (Wildman–Crippen LogP) is 5.16. The van der Waals surface area contributed by atoms with E-state index < -0.39 is 17.1 Å². The Morgan fingerprint density at radius 1 is 0.979 bits per heavy atom. The molecule has 2 atom stereocenters. The molecular weight excluding hydrogens is 603 g/mol. The maximum absolute atomic E-state index is 15.3. The predicted molar refractivity (Wildman–Crippen MR) is 177 cm³/mol. The number of halogens is 1. The Morgan fingerprint density at radius 3 is 2.36 bits per heavy atom. The number of nitrogens with one attached hydrogen (secondary N) is 3. The van der Waals surface area contributed by atoms with Gasteiger partial charge in [-0.25, -0.2) is 14.4 Å².